The second-order valence-electron chi connectivity index (χ2n) is 5.92. The molecule has 0 saturated carbocycles. The third kappa shape index (κ3) is 1.29. The third-order valence-corrected chi connectivity index (χ3v) is 5.58. The van der Waals surface area contributed by atoms with Gasteiger partial charge in [0.15, 0.2) is 0 Å². The number of benzene rings is 2. The SMILES string of the molecule is Cc1cccc2c1-c1sc3ccccc3c1C2(C)C. The fraction of sp³-hybridized carbons (Fsp3) is 0.222. The van der Waals surface area contributed by atoms with Crippen LogP contribution in [0, 0.1) is 6.92 Å². The maximum absolute atomic E-state index is 2.36. The van der Waals surface area contributed by atoms with Crippen LogP contribution in [0.4, 0.5) is 0 Å². The molecule has 1 heterocycles. The summed E-state index contributed by atoms with van der Waals surface area (Å²) in [6.07, 6.45) is 0. The van der Waals surface area contributed by atoms with Gasteiger partial charge in [-0.2, -0.15) is 0 Å². The second kappa shape index (κ2) is 3.49. The molecule has 0 radical (unpaired) electrons. The molecule has 0 atom stereocenters. The van der Waals surface area contributed by atoms with Gasteiger partial charge in [0.1, 0.15) is 0 Å². The van der Waals surface area contributed by atoms with Gasteiger partial charge < -0.3 is 0 Å². The fourth-order valence-electron chi connectivity index (χ4n) is 3.47. The van der Waals surface area contributed by atoms with Gasteiger partial charge in [0.05, 0.1) is 0 Å². The van der Waals surface area contributed by atoms with Gasteiger partial charge in [0.25, 0.3) is 0 Å². The summed E-state index contributed by atoms with van der Waals surface area (Å²) in [6, 6.07) is 15.5. The molecule has 0 N–H and O–H groups in total. The quantitative estimate of drug-likeness (QED) is 0.502. The van der Waals surface area contributed by atoms with Crippen molar-refractivity contribution in [2.75, 3.05) is 0 Å². The van der Waals surface area contributed by atoms with E-state index >= 15 is 0 Å². The second-order valence-corrected chi connectivity index (χ2v) is 6.98. The predicted molar refractivity (Wildman–Crippen MR) is 84.1 cm³/mol. The minimum atomic E-state index is 0.121. The van der Waals surface area contributed by atoms with E-state index in [4.69, 9.17) is 0 Å². The number of aryl methyl sites for hydroxylation is 1. The Bertz CT molecular complexity index is 806. The van der Waals surface area contributed by atoms with Crippen LogP contribution < -0.4 is 0 Å². The Hall–Kier alpha value is -1.60. The first-order valence-corrected chi connectivity index (χ1v) is 7.55. The molecule has 1 aromatic heterocycles. The highest BCUT2D eigenvalue weighted by atomic mass is 32.1. The number of hydrogen-bond donors (Lipinski definition) is 0. The van der Waals surface area contributed by atoms with Gasteiger partial charge >= 0.3 is 0 Å². The van der Waals surface area contributed by atoms with E-state index in [-0.39, 0.29) is 5.41 Å². The van der Waals surface area contributed by atoms with Crippen LogP contribution >= 0.6 is 11.3 Å². The highest BCUT2D eigenvalue weighted by Gasteiger charge is 2.39. The highest BCUT2D eigenvalue weighted by Crippen LogP contribution is 2.55. The van der Waals surface area contributed by atoms with Crippen molar-refractivity contribution in [2.24, 2.45) is 0 Å². The fourth-order valence-corrected chi connectivity index (χ4v) is 4.95. The summed E-state index contributed by atoms with van der Waals surface area (Å²) in [5, 5.41) is 1.43. The van der Waals surface area contributed by atoms with E-state index in [2.05, 4.69) is 63.2 Å². The van der Waals surface area contributed by atoms with Gasteiger partial charge in [-0.1, -0.05) is 50.2 Å². The Morgan fingerprint density at radius 3 is 2.58 bits per heavy atom. The average Bonchev–Trinajstić information content (AvgIpc) is 2.86. The van der Waals surface area contributed by atoms with Crippen molar-refractivity contribution in [1.82, 2.24) is 0 Å². The topological polar surface area (TPSA) is 0 Å². The molecular weight excluding hydrogens is 248 g/mol. The minimum absolute atomic E-state index is 0.121. The van der Waals surface area contributed by atoms with Crippen molar-refractivity contribution in [3.63, 3.8) is 0 Å². The zero-order valence-electron chi connectivity index (χ0n) is 11.4. The van der Waals surface area contributed by atoms with Gasteiger partial charge in [0.2, 0.25) is 0 Å². The zero-order chi connectivity index (χ0) is 13.2. The van der Waals surface area contributed by atoms with Crippen molar-refractivity contribution >= 4 is 21.4 Å². The molecule has 0 nitrogen and oxygen atoms in total. The van der Waals surface area contributed by atoms with E-state index in [0.717, 1.165) is 0 Å². The molecule has 0 aliphatic heterocycles. The molecule has 1 heteroatoms. The summed E-state index contributed by atoms with van der Waals surface area (Å²) in [6.45, 7) is 6.95. The summed E-state index contributed by atoms with van der Waals surface area (Å²) in [5.41, 5.74) is 6.01. The standard InChI is InChI=1S/C18H16S/c1-11-7-6-9-13-15(11)17-16(18(13,2)3)12-8-4-5-10-14(12)19-17/h4-10H,1-3H3. The van der Waals surface area contributed by atoms with E-state index in [1.165, 1.54) is 37.2 Å². The lowest BCUT2D eigenvalue weighted by atomic mass is 9.81. The van der Waals surface area contributed by atoms with Gasteiger partial charge in [-0.05, 0) is 40.6 Å². The van der Waals surface area contributed by atoms with Crippen molar-refractivity contribution in [2.45, 2.75) is 26.2 Å². The van der Waals surface area contributed by atoms with Gasteiger partial charge in [-0.15, -0.1) is 11.3 Å². The van der Waals surface area contributed by atoms with Crippen LogP contribution in [-0.4, -0.2) is 0 Å². The summed E-state index contributed by atoms with van der Waals surface area (Å²) >= 11 is 1.95. The summed E-state index contributed by atoms with van der Waals surface area (Å²) in [7, 11) is 0. The molecule has 0 bridgehead atoms. The highest BCUT2D eigenvalue weighted by molar-refractivity contribution is 7.22. The van der Waals surface area contributed by atoms with Crippen LogP contribution in [0.1, 0.15) is 30.5 Å². The summed E-state index contributed by atoms with van der Waals surface area (Å²) in [4.78, 5) is 1.49. The van der Waals surface area contributed by atoms with Crippen LogP contribution in [0.5, 0.6) is 0 Å². The molecule has 94 valence electrons. The molecule has 0 spiro atoms. The number of fused-ring (bicyclic) bond motifs is 5. The molecule has 4 rings (SSSR count). The van der Waals surface area contributed by atoms with E-state index in [1.807, 2.05) is 11.3 Å². The maximum atomic E-state index is 2.36. The van der Waals surface area contributed by atoms with Crippen LogP contribution in [0.2, 0.25) is 0 Å². The van der Waals surface area contributed by atoms with Gasteiger partial charge in [-0.25, -0.2) is 0 Å². The van der Waals surface area contributed by atoms with Crippen LogP contribution in [0.25, 0.3) is 20.5 Å². The Kier molecular flexibility index (Phi) is 2.06. The molecule has 0 fully saturated rings. The van der Waals surface area contributed by atoms with Crippen LogP contribution in [0.15, 0.2) is 42.5 Å². The number of hydrogen-bond acceptors (Lipinski definition) is 1. The first-order chi connectivity index (χ1) is 9.10. The third-order valence-electron chi connectivity index (χ3n) is 4.39. The molecule has 0 saturated heterocycles. The molecule has 2 aromatic carbocycles. The lowest BCUT2D eigenvalue weighted by Crippen LogP contribution is -2.14. The Morgan fingerprint density at radius 2 is 1.74 bits per heavy atom. The first kappa shape index (κ1) is 11.2. The minimum Gasteiger partial charge on any atom is -0.135 e. The zero-order valence-corrected chi connectivity index (χ0v) is 12.3. The van der Waals surface area contributed by atoms with Crippen molar-refractivity contribution < 1.29 is 0 Å². The average molecular weight is 264 g/mol. The van der Waals surface area contributed by atoms with Gasteiger partial charge in [-0.3, -0.25) is 0 Å². The summed E-state index contributed by atoms with van der Waals surface area (Å²) in [5.74, 6) is 0. The van der Waals surface area contributed by atoms with E-state index in [1.54, 1.807) is 0 Å². The molecule has 1 aliphatic carbocycles. The number of rotatable bonds is 0. The van der Waals surface area contributed by atoms with Gasteiger partial charge in [0, 0.05) is 15.0 Å². The van der Waals surface area contributed by atoms with E-state index in [9.17, 15) is 0 Å². The molecule has 0 amide bonds. The predicted octanol–water partition coefficient (Wildman–Crippen LogP) is 5.52. The maximum Gasteiger partial charge on any atom is 0.0402 e. The van der Waals surface area contributed by atoms with Crippen molar-refractivity contribution in [1.29, 1.82) is 0 Å². The molecule has 0 unspecified atom stereocenters. The van der Waals surface area contributed by atoms with Crippen LogP contribution in [0.3, 0.4) is 0 Å². The Labute approximate surface area is 117 Å². The smallest absolute Gasteiger partial charge is 0.0402 e. The van der Waals surface area contributed by atoms with Crippen LogP contribution in [-0.2, 0) is 5.41 Å². The first-order valence-electron chi connectivity index (χ1n) is 6.73. The van der Waals surface area contributed by atoms with E-state index in [0.29, 0.717) is 0 Å². The number of thiophene rings is 1. The molecular formula is C18H16S. The molecule has 1 aliphatic rings. The molecule has 3 aromatic rings. The van der Waals surface area contributed by atoms with E-state index < -0.39 is 0 Å². The normalized spacial score (nSPS) is 15.5. The molecule has 19 heavy (non-hydrogen) atoms. The monoisotopic (exact) mass is 264 g/mol. The summed E-state index contributed by atoms with van der Waals surface area (Å²) < 4.78 is 1.41. The largest absolute Gasteiger partial charge is 0.135 e. The van der Waals surface area contributed by atoms with Crippen molar-refractivity contribution in [3.8, 4) is 10.4 Å². The Morgan fingerprint density at radius 1 is 0.947 bits per heavy atom. The Balaban J connectivity index is 2.22. The lowest BCUT2D eigenvalue weighted by molar-refractivity contribution is 0.667. The van der Waals surface area contributed by atoms with Crippen molar-refractivity contribution in [3.05, 3.63) is 59.2 Å². The lowest BCUT2D eigenvalue weighted by Gasteiger charge is -2.21.